The molecule has 0 amide bonds. The number of nitrogens with zero attached hydrogens (tertiary/aromatic N) is 2. The predicted octanol–water partition coefficient (Wildman–Crippen LogP) is 1.28. The summed E-state index contributed by atoms with van der Waals surface area (Å²) < 4.78 is 6.78. The second-order valence-corrected chi connectivity index (χ2v) is 3.18. The molecule has 0 spiro atoms. The summed E-state index contributed by atoms with van der Waals surface area (Å²) in [7, 11) is 3.27. The number of hydrogen-bond acceptors (Lipinski definition) is 3. The van der Waals surface area contributed by atoms with Gasteiger partial charge in [0.25, 0.3) is 0 Å². The van der Waals surface area contributed by atoms with Crippen LogP contribution >= 0.6 is 0 Å². The average Bonchev–Trinajstić information content (AvgIpc) is 2.56. The van der Waals surface area contributed by atoms with E-state index in [1.54, 1.807) is 23.9 Å². The molecule has 78 valence electrons. The van der Waals surface area contributed by atoms with E-state index in [0.717, 1.165) is 0 Å². The van der Waals surface area contributed by atoms with Gasteiger partial charge >= 0.3 is 5.97 Å². The Bertz CT molecular complexity index is 531. The van der Waals surface area contributed by atoms with E-state index in [2.05, 4.69) is 4.98 Å². The summed E-state index contributed by atoms with van der Waals surface area (Å²) in [5.74, 6) is -0.517. The van der Waals surface area contributed by atoms with E-state index in [4.69, 9.17) is 9.84 Å². The molecule has 0 bridgehead atoms. The quantitative estimate of drug-likeness (QED) is 0.803. The first-order valence-corrected chi connectivity index (χ1v) is 4.36. The SMILES string of the molecule is COc1nccc2c(C(=O)O)cn(C)c12. The van der Waals surface area contributed by atoms with E-state index in [1.165, 1.54) is 13.3 Å². The number of aromatic nitrogens is 2. The van der Waals surface area contributed by atoms with Crippen LogP contribution in [0.2, 0.25) is 0 Å². The van der Waals surface area contributed by atoms with Gasteiger partial charge in [-0.3, -0.25) is 0 Å². The molecule has 0 aliphatic rings. The highest BCUT2D eigenvalue weighted by molar-refractivity contribution is 6.04. The van der Waals surface area contributed by atoms with Crippen molar-refractivity contribution in [3.63, 3.8) is 0 Å². The zero-order valence-corrected chi connectivity index (χ0v) is 8.39. The Morgan fingerprint density at radius 2 is 2.33 bits per heavy atom. The standard InChI is InChI=1S/C10H10N2O3/c1-12-5-7(10(13)14)6-3-4-11-9(15-2)8(6)12/h3-5H,1-2H3,(H,13,14). The molecule has 5 heteroatoms. The van der Waals surface area contributed by atoms with Crippen molar-refractivity contribution in [1.82, 2.24) is 9.55 Å². The Kier molecular flexibility index (Phi) is 2.07. The van der Waals surface area contributed by atoms with Crippen molar-refractivity contribution in [3.05, 3.63) is 24.0 Å². The van der Waals surface area contributed by atoms with E-state index >= 15 is 0 Å². The van der Waals surface area contributed by atoms with E-state index in [-0.39, 0.29) is 5.56 Å². The third kappa shape index (κ3) is 1.32. The first-order chi connectivity index (χ1) is 7.15. The number of carbonyl (C=O) groups is 1. The number of ether oxygens (including phenoxy) is 1. The first-order valence-electron chi connectivity index (χ1n) is 4.36. The molecule has 5 nitrogen and oxygen atoms in total. The van der Waals surface area contributed by atoms with Crippen molar-refractivity contribution in [2.45, 2.75) is 0 Å². The van der Waals surface area contributed by atoms with E-state index < -0.39 is 5.97 Å². The van der Waals surface area contributed by atoms with Crippen LogP contribution in [0.1, 0.15) is 10.4 Å². The predicted molar refractivity (Wildman–Crippen MR) is 54.2 cm³/mol. The summed E-state index contributed by atoms with van der Waals surface area (Å²) in [5.41, 5.74) is 0.950. The smallest absolute Gasteiger partial charge is 0.337 e. The number of fused-ring (bicyclic) bond motifs is 1. The molecule has 2 heterocycles. The van der Waals surface area contributed by atoms with Gasteiger partial charge in [0.15, 0.2) is 0 Å². The van der Waals surface area contributed by atoms with Crippen molar-refractivity contribution >= 4 is 16.9 Å². The molecule has 0 saturated heterocycles. The molecular weight excluding hydrogens is 196 g/mol. The van der Waals surface area contributed by atoms with Gasteiger partial charge in [0.2, 0.25) is 5.88 Å². The molecule has 1 N–H and O–H groups in total. The van der Waals surface area contributed by atoms with Crippen LogP contribution in [0.4, 0.5) is 0 Å². The van der Waals surface area contributed by atoms with Crippen LogP contribution < -0.4 is 4.74 Å². The maximum absolute atomic E-state index is 11.0. The minimum Gasteiger partial charge on any atom is -0.479 e. The van der Waals surface area contributed by atoms with Gasteiger partial charge < -0.3 is 14.4 Å². The van der Waals surface area contributed by atoms with E-state index in [0.29, 0.717) is 16.8 Å². The third-order valence-corrected chi connectivity index (χ3v) is 2.28. The number of hydrogen-bond donors (Lipinski definition) is 1. The molecule has 2 rings (SSSR count). The lowest BCUT2D eigenvalue weighted by Crippen LogP contribution is -1.94. The Labute approximate surface area is 85.9 Å². The molecule has 0 fully saturated rings. The van der Waals surface area contributed by atoms with Crippen LogP contribution in [0, 0.1) is 0 Å². The van der Waals surface area contributed by atoms with Crippen LogP contribution in [-0.4, -0.2) is 27.7 Å². The first kappa shape index (κ1) is 9.51. The number of carboxylic acid groups (broad SMARTS) is 1. The molecule has 0 aliphatic carbocycles. The highest BCUT2D eigenvalue weighted by atomic mass is 16.5. The molecule has 0 saturated carbocycles. The summed E-state index contributed by atoms with van der Waals surface area (Å²) in [6.45, 7) is 0. The van der Waals surface area contributed by atoms with Crippen molar-refractivity contribution < 1.29 is 14.6 Å². The third-order valence-electron chi connectivity index (χ3n) is 2.28. The lowest BCUT2D eigenvalue weighted by molar-refractivity contribution is 0.0699. The lowest BCUT2D eigenvalue weighted by Gasteiger charge is -2.02. The minimum atomic E-state index is -0.950. The van der Waals surface area contributed by atoms with Gasteiger partial charge in [-0.05, 0) is 6.07 Å². The largest absolute Gasteiger partial charge is 0.479 e. The summed E-state index contributed by atoms with van der Waals surface area (Å²) in [5, 5.41) is 9.62. The Morgan fingerprint density at radius 1 is 1.60 bits per heavy atom. The number of rotatable bonds is 2. The zero-order chi connectivity index (χ0) is 11.0. The van der Waals surface area contributed by atoms with Gasteiger partial charge in [0.1, 0.15) is 5.52 Å². The number of methoxy groups -OCH3 is 1. The van der Waals surface area contributed by atoms with Crippen LogP contribution in [0.3, 0.4) is 0 Å². The van der Waals surface area contributed by atoms with E-state index in [1.807, 2.05) is 0 Å². The second kappa shape index (κ2) is 3.27. The van der Waals surface area contributed by atoms with Gasteiger partial charge in [-0.15, -0.1) is 0 Å². The fraction of sp³-hybridized carbons (Fsp3) is 0.200. The van der Waals surface area contributed by atoms with Gasteiger partial charge in [0.05, 0.1) is 12.7 Å². The Hall–Kier alpha value is -2.04. The number of carboxylic acids is 1. The number of aromatic carboxylic acids is 1. The monoisotopic (exact) mass is 206 g/mol. The minimum absolute atomic E-state index is 0.258. The van der Waals surface area contributed by atoms with Crippen LogP contribution in [0.5, 0.6) is 5.88 Å². The average molecular weight is 206 g/mol. The summed E-state index contributed by atoms with van der Waals surface area (Å²) in [6, 6.07) is 1.67. The Morgan fingerprint density at radius 3 is 2.93 bits per heavy atom. The maximum atomic E-state index is 11.0. The summed E-state index contributed by atoms with van der Waals surface area (Å²) in [6.07, 6.45) is 3.09. The van der Waals surface area contributed by atoms with Crippen molar-refractivity contribution in [3.8, 4) is 5.88 Å². The topological polar surface area (TPSA) is 64.3 Å². The zero-order valence-electron chi connectivity index (χ0n) is 8.39. The normalized spacial score (nSPS) is 10.5. The van der Waals surface area contributed by atoms with Crippen LogP contribution in [0.25, 0.3) is 10.9 Å². The molecule has 15 heavy (non-hydrogen) atoms. The molecule has 0 aromatic carbocycles. The van der Waals surface area contributed by atoms with Gasteiger partial charge in [-0.1, -0.05) is 0 Å². The van der Waals surface area contributed by atoms with Gasteiger partial charge in [-0.2, -0.15) is 0 Å². The molecule has 2 aromatic heterocycles. The molecule has 0 unspecified atom stereocenters. The number of aryl methyl sites for hydroxylation is 1. The summed E-state index contributed by atoms with van der Waals surface area (Å²) >= 11 is 0. The van der Waals surface area contributed by atoms with Crippen LogP contribution in [-0.2, 0) is 7.05 Å². The van der Waals surface area contributed by atoms with Crippen molar-refractivity contribution in [2.24, 2.45) is 7.05 Å². The lowest BCUT2D eigenvalue weighted by atomic mass is 10.2. The van der Waals surface area contributed by atoms with Gasteiger partial charge in [-0.25, -0.2) is 9.78 Å². The number of pyridine rings is 1. The fourth-order valence-electron chi connectivity index (χ4n) is 1.64. The molecule has 2 aromatic rings. The van der Waals surface area contributed by atoms with Crippen molar-refractivity contribution in [1.29, 1.82) is 0 Å². The van der Waals surface area contributed by atoms with Gasteiger partial charge in [0, 0.05) is 24.8 Å². The van der Waals surface area contributed by atoms with Crippen molar-refractivity contribution in [2.75, 3.05) is 7.11 Å². The molecule has 0 atom stereocenters. The van der Waals surface area contributed by atoms with Crippen LogP contribution in [0.15, 0.2) is 18.5 Å². The highest BCUT2D eigenvalue weighted by Gasteiger charge is 2.15. The van der Waals surface area contributed by atoms with E-state index in [9.17, 15) is 4.79 Å². The Balaban J connectivity index is 2.85. The highest BCUT2D eigenvalue weighted by Crippen LogP contribution is 2.26. The molecule has 0 radical (unpaired) electrons. The molecule has 0 aliphatic heterocycles. The molecular formula is C10H10N2O3. The summed E-state index contributed by atoms with van der Waals surface area (Å²) in [4.78, 5) is 15.0. The maximum Gasteiger partial charge on any atom is 0.337 e. The second-order valence-electron chi connectivity index (χ2n) is 3.18. The fourth-order valence-corrected chi connectivity index (χ4v) is 1.64.